The van der Waals surface area contributed by atoms with Gasteiger partial charge in [0.25, 0.3) is 11.8 Å². The molecule has 2 aromatic heterocycles. The molecule has 1 N–H and O–H groups in total. The smallest absolute Gasteiger partial charge is 0.265 e. The molecule has 3 heterocycles. The van der Waals surface area contributed by atoms with Crippen LogP contribution in [-0.2, 0) is 19.5 Å². The third-order valence-electron chi connectivity index (χ3n) is 4.55. The Bertz CT molecular complexity index is 963. The molecule has 0 aliphatic carbocycles. The van der Waals surface area contributed by atoms with Gasteiger partial charge in [0, 0.05) is 31.3 Å². The van der Waals surface area contributed by atoms with Crippen LogP contribution in [0.1, 0.15) is 38.1 Å². The fourth-order valence-corrected chi connectivity index (χ4v) is 3.75. The Labute approximate surface area is 160 Å². The molecule has 4 rings (SSSR count). The van der Waals surface area contributed by atoms with Crippen LogP contribution in [0.2, 0.25) is 0 Å². The maximum Gasteiger partial charge on any atom is 0.265 e. The highest BCUT2D eigenvalue weighted by Crippen LogP contribution is 2.17. The van der Waals surface area contributed by atoms with E-state index in [1.54, 1.807) is 42.3 Å². The molecule has 138 valence electrons. The van der Waals surface area contributed by atoms with Crippen molar-refractivity contribution in [3.8, 4) is 0 Å². The van der Waals surface area contributed by atoms with Gasteiger partial charge in [-0.15, -0.1) is 21.5 Å². The Hall–Kier alpha value is -3.00. The van der Waals surface area contributed by atoms with E-state index in [1.165, 1.54) is 11.3 Å². The van der Waals surface area contributed by atoms with E-state index >= 15 is 0 Å². The molecule has 27 heavy (non-hydrogen) atoms. The maximum absolute atomic E-state index is 12.7. The lowest BCUT2D eigenvalue weighted by molar-refractivity contribution is 0.0780. The predicted molar refractivity (Wildman–Crippen MR) is 103 cm³/mol. The Kier molecular flexibility index (Phi) is 4.72. The number of carbonyl (C=O) groups is 2. The quantitative estimate of drug-likeness (QED) is 0.737. The average molecular weight is 381 g/mol. The average Bonchev–Trinajstić information content (AvgIpc) is 3.41. The number of fused-ring (bicyclic) bond motifs is 1. The second-order valence-corrected chi connectivity index (χ2v) is 7.41. The highest BCUT2D eigenvalue weighted by molar-refractivity contribution is 7.12. The predicted octanol–water partition coefficient (Wildman–Crippen LogP) is 2.81. The molecule has 3 aromatic rings. The van der Waals surface area contributed by atoms with Gasteiger partial charge in [-0.1, -0.05) is 6.07 Å². The number of carbonyl (C=O) groups excluding carboxylic acids is 2. The lowest BCUT2D eigenvalue weighted by Gasteiger charge is -2.17. The van der Waals surface area contributed by atoms with Gasteiger partial charge in [-0.3, -0.25) is 9.59 Å². The van der Waals surface area contributed by atoms with Crippen LogP contribution in [0.15, 0.2) is 41.8 Å². The lowest BCUT2D eigenvalue weighted by atomic mass is 10.2. The van der Waals surface area contributed by atoms with Crippen molar-refractivity contribution in [3.63, 3.8) is 0 Å². The second kappa shape index (κ2) is 7.32. The van der Waals surface area contributed by atoms with Crippen LogP contribution in [0, 0.1) is 0 Å². The molecule has 0 saturated carbocycles. The minimum absolute atomic E-state index is 0.0959. The number of anilines is 1. The van der Waals surface area contributed by atoms with Crippen molar-refractivity contribution in [1.29, 1.82) is 0 Å². The van der Waals surface area contributed by atoms with E-state index in [2.05, 4.69) is 20.1 Å². The molecule has 2 amide bonds. The number of hydrogen-bond donors (Lipinski definition) is 1. The third kappa shape index (κ3) is 3.61. The molecule has 8 heteroatoms. The van der Waals surface area contributed by atoms with Crippen molar-refractivity contribution in [2.24, 2.45) is 0 Å². The van der Waals surface area contributed by atoms with Crippen molar-refractivity contribution >= 4 is 28.8 Å². The summed E-state index contributed by atoms with van der Waals surface area (Å²) in [5.41, 5.74) is 1.22. The zero-order valence-corrected chi connectivity index (χ0v) is 15.7. The van der Waals surface area contributed by atoms with Gasteiger partial charge in [0.1, 0.15) is 5.82 Å². The summed E-state index contributed by atoms with van der Waals surface area (Å²) in [4.78, 5) is 27.0. The summed E-state index contributed by atoms with van der Waals surface area (Å²) < 4.78 is 2.09. The van der Waals surface area contributed by atoms with Gasteiger partial charge in [0.15, 0.2) is 5.82 Å². The normalized spacial score (nSPS) is 12.6. The number of aromatic nitrogens is 3. The largest absolute Gasteiger partial charge is 0.334 e. The molecule has 0 radical (unpaired) electrons. The number of rotatable bonds is 5. The molecule has 1 aliphatic rings. The van der Waals surface area contributed by atoms with E-state index in [0.29, 0.717) is 22.7 Å². The fourth-order valence-electron chi connectivity index (χ4n) is 3.13. The van der Waals surface area contributed by atoms with E-state index in [1.807, 2.05) is 11.4 Å². The fraction of sp³-hybridized carbons (Fsp3) is 0.263. The molecule has 7 nitrogen and oxygen atoms in total. The first kappa shape index (κ1) is 17.4. The van der Waals surface area contributed by atoms with Gasteiger partial charge < -0.3 is 14.8 Å². The first-order valence-corrected chi connectivity index (χ1v) is 9.61. The molecular weight excluding hydrogens is 362 g/mol. The lowest BCUT2D eigenvalue weighted by Crippen LogP contribution is -2.27. The van der Waals surface area contributed by atoms with Crippen molar-refractivity contribution in [1.82, 2.24) is 19.7 Å². The number of amides is 2. The number of thiophene rings is 1. The van der Waals surface area contributed by atoms with Crippen LogP contribution >= 0.6 is 11.3 Å². The van der Waals surface area contributed by atoms with E-state index in [-0.39, 0.29) is 11.8 Å². The standard InChI is InChI=1S/C19H19N5O2S/c1-23(12-17-22-21-16-5-2-10-24(16)17)19(26)13-6-8-14(9-7-13)20-18(25)15-4-3-11-27-15/h3-4,6-9,11H,2,5,10,12H2,1H3,(H,20,25). The highest BCUT2D eigenvalue weighted by Gasteiger charge is 2.20. The summed E-state index contributed by atoms with van der Waals surface area (Å²) in [5.74, 6) is 1.57. The summed E-state index contributed by atoms with van der Waals surface area (Å²) in [7, 11) is 1.76. The van der Waals surface area contributed by atoms with E-state index in [4.69, 9.17) is 0 Å². The molecule has 0 unspecified atom stereocenters. The van der Waals surface area contributed by atoms with Crippen LogP contribution in [0.5, 0.6) is 0 Å². The highest BCUT2D eigenvalue weighted by atomic mass is 32.1. The number of benzene rings is 1. The molecule has 0 atom stereocenters. The number of aryl methyl sites for hydroxylation is 1. The maximum atomic E-state index is 12.7. The van der Waals surface area contributed by atoms with Gasteiger partial charge in [0.2, 0.25) is 0 Å². The summed E-state index contributed by atoms with van der Waals surface area (Å²) >= 11 is 1.39. The summed E-state index contributed by atoms with van der Waals surface area (Å²) in [6.45, 7) is 1.33. The molecule has 0 saturated heterocycles. The van der Waals surface area contributed by atoms with Crippen LogP contribution in [0.25, 0.3) is 0 Å². The van der Waals surface area contributed by atoms with Gasteiger partial charge in [-0.25, -0.2) is 0 Å². The number of hydrogen-bond acceptors (Lipinski definition) is 5. The molecule has 0 bridgehead atoms. The van der Waals surface area contributed by atoms with E-state index in [9.17, 15) is 9.59 Å². The number of nitrogens with one attached hydrogen (secondary N) is 1. The zero-order valence-electron chi connectivity index (χ0n) is 14.9. The van der Waals surface area contributed by atoms with Gasteiger partial charge in [-0.2, -0.15) is 0 Å². The van der Waals surface area contributed by atoms with Crippen molar-refractivity contribution in [3.05, 3.63) is 63.9 Å². The van der Waals surface area contributed by atoms with Crippen molar-refractivity contribution in [2.45, 2.75) is 25.9 Å². The SMILES string of the molecule is CN(Cc1nnc2n1CCC2)C(=O)c1ccc(NC(=O)c2cccs2)cc1. The minimum Gasteiger partial charge on any atom is -0.334 e. The van der Waals surface area contributed by atoms with Crippen molar-refractivity contribution in [2.75, 3.05) is 12.4 Å². The molecule has 1 aromatic carbocycles. The third-order valence-corrected chi connectivity index (χ3v) is 5.41. The van der Waals surface area contributed by atoms with E-state index < -0.39 is 0 Å². The van der Waals surface area contributed by atoms with Gasteiger partial charge in [-0.05, 0) is 42.1 Å². The van der Waals surface area contributed by atoms with Crippen molar-refractivity contribution < 1.29 is 9.59 Å². The Morgan fingerprint density at radius 2 is 2.04 bits per heavy atom. The van der Waals surface area contributed by atoms with E-state index in [0.717, 1.165) is 31.0 Å². The summed E-state index contributed by atoms with van der Waals surface area (Å²) in [5, 5.41) is 13.1. The van der Waals surface area contributed by atoms with Gasteiger partial charge >= 0.3 is 0 Å². The first-order chi connectivity index (χ1) is 13.1. The molecule has 0 spiro atoms. The zero-order chi connectivity index (χ0) is 18.8. The first-order valence-electron chi connectivity index (χ1n) is 8.73. The summed E-state index contributed by atoms with van der Waals surface area (Å²) in [6.07, 6.45) is 2.03. The summed E-state index contributed by atoms with van der Waals surface area (Å²) in [6, 6.07) is 10.5. The molecule has 1 aliphatic heterocycles. The van der Waals surface area contributed by atoms with Crippen LogP contribution in [0.4, 0.5) is 5.69 Å². The Morgan fingerprint density at radius 3 is 2.78 bits per heavy atom. The Balaban J connectivity index is 1.40. The van der Waals surface area contributed by atoms with Gasteiger partial charge in [0.05, 0.1) is 11.4 Å². The van der Waals surface area contributed by atoms with Crippen LogP contribution in [-0.4, -0.2) is 38.5 Å². The minimum atomic E-state index is -0.151. The monoisotopic (exact) mass is 381 g/mol. The molecule has 0 fully saturated rings. The molecular formula is C19H19N5O2S. The second-order valence-electron chi connectivity index (χ2n) is 6.46. The van der Waals surface area contributed by atoms with Crippen LogP contribution in [0.3, 0.4) is 0 Å². The van der Waals surface area contributed by atoms with Crippen LogP contribution < -0.4 is 5.32 Å². The Morgan fingerprint density at radius 1 is 1.22 bits per heavy atom. The topological polar surface area (TPSA) is 80.1 Å². The number of nitrogens with zero attached hydrogens (tertiary/aromatic N) is 4.